The van der Waals surface area contributed by atoms with Crippen LogP contribution in [0.4, 0.5) is 0 Å². The molecule has 82 valence electrons. The van der Waals surface area contributed by atoms with Crippen LogP contribution < -0.4 is 0 Å². The molecular formula is C11H20BrNO. The first-order valence-corrected chi connectivity index (χ1v) is 6.17. The summed E-state index contributed by atoms with van der Waals surface area (Å²) in [7, 11) is 0. The van der Waals surface area contributed by atoms with Gasteiger partial charge in [-0.3, -0.25) is 4.79 Å². The lowest BCUT2D eigenvalue weighted by Crippen LogP contribution is -2.35. The van der Waals surface area contributed by atoms with Crippen LogP contribution in [-0.2, 0) is 4.79 Å². The molecule has 0 aliphatic carbocycles. The minimum atomic E-state index is -0.0405. The number of carbonyl (C=O) groups excluding carboxylic acids is 1. The predicted octanol–water partition coefficient (Wildman–Crippen LogP) is 2.66. The highest BCUT2D eigenvalue weighted by Crippen LogP contribution is 2.33. The summed E-state index contributed by atoms with van der Waals surface area (Å²) in [6, 6.07) is 0. The van der Waals surface area contributed by atoms with Gasteiger partial charge in [0.05, 0.1) is 4.83 Å². The van der Waals surface area contributed by atoms with Gasteiger partial charge in [0, 0.05) is 13.1 Å². The molecule has 2 unspecified atom stereocenters. The molecule has 0 radical (unpaired) electrons. The number of amides is 1. The second-order valence-corrected chi connectivity index (χ2v) is 6.63. The van der Waals surface area contributed by atoms with Crippen LogP contribution in [0.5, 0.6) is 0 Å². The molecule has 1 rings (SSSR count). The van der Waals surface area contributed by atoms with Gasteiger partial charge in [-0.05, 0) is 24.7 Å². The predicted molar refractivity (Wildman–Crippen MR) is 62.5 cm³/mol. The minimum Gasteiger partial charge on any atom is -0.341 e. The highest BCUT2D eigenvalue weighted by atomic mass is 79.9. The van der Waals surface area contributed by atoms with E-state index in [1.54, 1.807) is 0 Å². The molecule has 3 heteroatoms. The Morgan fingerprint density at radius 3 is 2.43 bits per heavy atom. The van der Waals surface area contributed by atoms with Gasteiger partial charge in [-0.1, -0.05) is 36.7 Å². The zero-order chi connectivity index (χ0) is 10.9. The smallest absolute Gasteiger partial charge is 0.236 e. The average Bonchev–Trinajstić information content (AvgIpc) is 2.49. The van der Waals surface area contributed by atoms with E-state index in [0.29, 0.717) is 11.3 Å². The van der Waals surface area contributed by atoms with E-state index in [-0.39, 0.29) is 10.7 Å². The molecule has 0 saturated carbocycles. The molecule has 0 aromatic rings. The number of nitrogens with zero attached hydrogens (tertiary/aromatic N) is 1. The van der Waals surface area contributed by atoms with Crippen LogP contribution in [0.1, 0.15) is 34.1 Å². The number of hydrogen-bond donors (Lipinski definition) is 0. The van der Waals surface area contributed by atoms with Crippen LogP contribution >= 0.6 is 15.9 Å². The summed E-state index contributed by atoms with van der Waals surface area (Å²) < 4.78 is 0. The highest BCUT2D eigenvalue weighted by Gasteiger charge is 2.34. The van der Waals surface area contributed by atoms with Crippen molar-refractivity contribution >= 4 is 21.8 Å². The topological polar surface area (TPSA) is 20.3 Å². The van der Waals surface area contributed by atoms with E-state index >= 15 is 0 Å². The van der Waals surface area contributed by atoms with Gasteiger partial charge in [0.2, 0.25) is 5.91 Å². The number of likely N-dealkylation sites (tertiary alicyclic amines) is 1. The van der Waals surface area contributed by atoms with E-state index in [2.05, 4.69) is 36.7 Å². The van der Waals surface area contributed by atoms with E-state index in [0.717, 1.165) is 19.5 Å². The zero-order valence-corrected chi connectivity index (χ0v) is 11.1. The van der Waals surface area contributed by atoms with Crippen LogP contribution in [0.25, 0.3) is 0 Å². The van der Waals surface area contributed by atoms with Crippen molar-refractivity contribution in [1.82, 2.24) is 4.90 Å². The molecule has 0 N–H and O–H groups in total. The van der Waals surface area contributed by atoms with Crippen LogP contribution in [0.3, 0.4) is 0 Å². The standard InChI is InChI=1S/C11H20BrNO/c1-8(12)10(14)13-6-5-9(7-13)11(2,3)4/h8-9H,5-7H2,1-4H3. The number of rotatable bonds is 1. The van der Waals surface area contributed by atoms with Gasteiger partial charge in [0.15, 0.2) is 0 Å². The lowest BCUT2D eigenvalue weighted by Gasteiger charge is -2.27. The van der Waals surface area contributed by atoms with Crippen molar-refractivity contribution in [3.05, 3.63) is 0 Å². The SMILES string of the molecule is CC(Br)C(=O)N1CCC(C(C)(C)C)C1. The molecule has 14 heavy (non-hydrogen) atoms. The van der Waals surface area contributed by atoms with Gasteiger partial charge in [0.25, 0.3) is 0 Å². The van der Waals surface area contributed by atoms with Crippen LogP contribution in [0, 0.1) is 11.3 Å². The largest absolute Gasteiger partial charge is 0.341 e. The maximum atomic E-state index is 11.7. The molecule has 1 saturated heterocycles. The molecule has 1 aliphatic heterocycles. The Kier molecular flexibility index (Phi) is 3.62. The Bertz CT molecular complexity index is 220. The van der Waals surface area contributed by atoms with Crippen LogP contribution in [0.2, 0.25) is 0 Å². The van der Waals surface area contributed by atoms with Crippen molar-refractivity contribution in [3.63, 3.8) is 0 Å². The summed E-state index contributed by atoms with van der Waals surface area (Å²) in [6.45, 7) is 10.5. The van der Waals surface area contributed by atoms with Crippen molar-refractivity contribution in [3.8, 4) is 0 Å². The maximum absolute atomic E-state index is 11.7. The first kappa shape index (κ1) is 12.0. The first-order chi connectivity index (χ1) is 6.32. The number of halogens is 1. The molecule has 2 nitrogen and oxygen atoms in total. The third-order valence-corrected chi connectivity index (χ3v) is 3.46. The third-order valence-electron chi connectivity index (χ3n) is 3.06. The minimum absolute atomic E-state index is 0.0405. The van der Waals surface area contributed by atoms with Gasteiger partial charge < -0.3 is 4.90 Å². The molecule has 1 aliphatic rings. The normalized spacial score (nSPS) is 25.2. The second kappa shape index (κ2) is 4.21. The van der Waals surface area contributed by atoms with Gasteiger partial charge in [-0.15, -0.1) is 0 Å². The monoisotopic (exact) mass is 261 g/mol. The number of alkyl halides is 1. The molecule has 1 heterocycles. The summed E-state index contributed by atoms with van der Waals surface area (Å²) in [6.07, 6.45) is 1.15. The molecule has 1 amide bonds. The van der Waals surface area contributed by atoms with E-state index in [1.165, 1.54) is 0 Å². The quantitative estimate of drug-likeness (QED) is 0.665. The molecule has 1 fully saturated rings. The van der Waals surface area contributed by atoms with E-state index in [9.17, 15) is 4.79 Å². The van der Waals surface area contributed by atoms with Crippen LogP contribution in [0.15, 0.2) is 0 Å². The molecule has 0 bridgehead atoms. The molecule has 0 aromatic carbocycles. The fraction of sp³-hybridized carbons (Fsp3) is 0.909. The summed E-state index contributed by atoms with van der Waals surface area (Å²) in [5.74, 6) is 0.884. The average molecular weight is 262 g/mol. The Hall–Kier alpha value is -0.0500. The fourth-order valence-corrected chi connectivity index (χ4v) is 2.21. The Morgan fingerprint density at radius 1 is 1.50 bits per heavy atom. The molecular weight excluding hydrogens is 242 g/mol. The molecule has 0 aromatic heterocycles. The van der Waals surface area contributed by atoms with Crippen molar-refractivity contribution in [2.75, 3.05) is 13.1 Å². The van der Waals surface area contributed by atoms with Crippen molar-refractivity contribution < 1.29 is 4.79 Å². The van der Waals surface area contributed by atoms with Crippen molar-refractivity contribution in [2.45, 2.75) is 38.9 Å². The van der Waals surface area contributed by atoms with E-state index < -0.39 is 0 Å². The van der Waals surface area contributed by atoms with Gasteiger partial charge in [0.1, 0.15) is 0 Å². The summed E-state index contributed by atoms with van der Waals surface area (Å²) in [4.78, 5) is 13.6. The van der Waals surface area contributed by atoms with E-state index in [4.69, 9.17) is 0 Å². The molecule has 0 spiro atoms. The lowest BCUT2D eigenvalue weighted by atomic mass is 9.80. The Morgan fingerprint density at radius 2 is 2.07 bits per heavy atom. The summed E-state index contributed by atoms with van der Waals surface area (Å²) in [5.41, 5.74) is 0.324. The molecule has 2 atom stereocenters. The maximum Gasteiger partial charge on any atom is 0.236 e. The fourth-order valence-electron chi connectivity index (χ4n) is 1.92. The second-order valence-electron chi connectivity index (χ2n) is 5.25. The number of carbonyl (C=O) groups is 1. The van der Waals surface area contributed by atoms with Gasteiger partial charge >= 0.3 is 0 Å². The Labute approximate surface area is 95.2 Å². The van der Waals surface area contributed by atoms with E-state index in [1.807, 2.05) is 11.8 Å². The summed E-state index contributed by atoms with van der Waals surface area (Å²) in [5, 5.41) is 0. The Balaban J connectivity index is 2.54. The van der Waals surface area contributed by atoms with Crippen LogP contribution in [-0.4, -0.2) is 28.7 Å². The summed E-state index contributed by atoms with van der Waals surface area (Å²) >= 11 is 3.33. The van der Waals surface area contributed by atoms with Crippen molar-refractivity contribution in [2.24, 2.45) is 11.3 Å². The first-order valence-electron chi connectivity index (χ1n) is 5.25. The zero-order valence-electron chi connectivity index (χ0n) is 9.51. The third kappa shape index (κ3) is 2.72. The lowest BCUT2D eigenvalue weighted by molar-refractivity contribution is -0.129. The number of hydrogen-bond acceptors (Lipinski definition) is 1. The van der Waals surface area contributed by atoms with Gasteiger partial charge in [-0.25, -0.2) is 0 Å². The van der Waals surface area contributed by atoms with Crippen molar-refractivity contribution in [1.29, 1.82) is 0 Å². The highest BCUT2D eigenvalue weighted by molar-refractivity contribution is 9.10. The van der Waals surface area contributed by atoms with Gasteiger partial charge in [-0.2, -0.15) is 0 Å².